The fraction of sp³-hybridized carbons (Fsp3) is 0.579. The summed E-state index contributed by atoms with van der Waals surface area (Å²) in [6.07, 6.45) is -2.29. The van der Waals surface area contributed by atoms with E-state index in [2.05, 4.69) is 15.5 Å². The van der Waals surface area contributed by atoms with E-state index in [1.54, 1.807) is 6.07 Å². The number of hydrogen-bond acceptors (Lipinski definition) is 4. The monoisotopic (exact) mass is 401 g/mol. The van der Waals surface area contributed by atoms with Crippen LogP contribution in [0.25, 0.3) is 0 Å². The Morgan fingerprint density at radius 2 is 1.96 bits per heavy atom. The maximum atomic E-state index is 12.8. The van der Waals surface area contributed by atoms with Gasteiger partial charge in [0.1, 0.15) is 0 Å². The Morgan fingerprint density at radius 3 is 2.61 bits per heavy atom. The van der Waals surface area contributed by atoms with Gasteiger partial charge in [0.05, 0.1) is 5.56 Å². The number of amides is 2. The molecule has 0 atom stereocenters. The minimum atomic E-state index is -4.32. The summed E-state index contributed by atoms with van der Waals surface area (Å²) in [6, 6.07) is 5.46. The van der Waals surface area contributed by atoms with Crippen molar-refractivity contribution in [3.05, 3.63) is 35.4 Å². The highest BCUT2D eigenvalue weighted by Gasteiger charge is 2.30. The van der Waals surface area contributed by atoms with Crippen molar-refractivity contribution in [3.63, 3.8) is 0 Å². The van der Waals surface area contributed by atoms with E-state index in [1.165, 1.54) is 19.2 Å². The van der Waals surface area contributed by atoms with Crippen LogP contribution in [-0.2, 0) is 22.3 Å². The van der Waals surface area contributed by atoms with Gasteiger partial charge in [-0.1, -0.05) is 18.2 Å². The van der Waals surface area contributed by atoms with Crippen LogP contribution in [0.15, 0.2) is 24.3 Å². The topological polar surface area (TPSA) is 70.7 Å². The lowest BCUT2D eigenvalue weighted by molar-refractivity contribution is -0.137. The zero-order valence-corrected chi connectivity index (χ0v) is 15.8. The third-order valence-electron chi connectivity index (χ3n) is 4.80. The van der Waals surface area contributed by atoms with Gasteiger partial charge in [0.2, 0.25) is 0 Å². The van der Waals surface area contributed by atoms with Crippen LogP contribution in [-0.4, -0.2) is 50.2 Å². The molecular weight excluding hydrogens is 375 g/mol. The molecule has 0 unspecified atom stereocenters. The zero-order valence-electron chi connectivity index (χ0n) is 15.8. The summed E-state index contributed by atoms with van der Waals surface area (Å²) in [5, 5.41) is 4.98. The maximum Gasteiger partial charge on any atom is 0.416 e. The summed E-state index contributed by atoms with van der Waals surface area (Å²) in [5.74, 6) is 0.0697. The first kappa shape index (κ1) is 22.0. The maximum absolute atomic E-state index is 12.8. The molecule has 156 valence electrons. The lowest BCUT2D eigenvalue weighted by atomic mass is 9.93. The van der Waals surface area contributed by atoms with Gasteiger partial charge in [-0.25, -0.2) is 4.79 Å². The second-order valence-electron chi connectivity index (χ2n) is 6.88. The third-order valence-corrected chi connectivity index (χ3v) is 4.80. The molecule has 1 aromatic rings. The standard InChI is InChI=1S/C19H26F3N3O3/c1-23-17(26)13-28-18(27)24-8-5-14-6-9-25(10-7-14)12-15-3-2-4-16(11-15)19(20,21)22/h2-4,11,14H,5-10,12-13H2,1H3,(H,23,26)(H,24,27). The smallest absolute Gasteiger partial charge is 0.416 e. The molecule has 0 aliphatic carbocycles. The van der Waals surface area contributed by atoms with E-state index in [9.17, 15) is 22.8 Å². The molecule has 2 amide bonds. The molecule has 0 bridgehead atoms. The number of carbonyl (C=O) groups excluding carboxylic acids is 2. The van der Waals surface area contributed by atoms with E-state index in [4.69, 9.17) is 4.74 Å². The number of ether oxygens (including phenoxy) is 1. The highest BCUT2D eigenvalue weighted by molar-refractivity contribution is 5.79. The SMILES string of the molecule is CNC(=O)COC(=O)NCCC1CCN(Cc2cccc(C(F)(F)F)c2)CC1. The average Bonchev–Trinajstić information content (AvgIpc) is 2.67. The van der Waals surface area contributed by atoms with E-state index in [1.807, 2.05) is 0 Å². The number of likely N-dealkylation sites (tertiary alicyclic amines) is 1. The number of piperidine rings is 1. The molecule has 1 heterocycles. The minimum Gasteiger partial charge on any atom is -0.439 e. The Morgan fingerprint density at radius 1 is 1.25 bits per heavy atom. The van der Waals surface area contributed by atoms with Crippen molar-refractivity contribution >= 4 is 12.0 Å². The fourth-order valence-electron chi connectivity index (χ4n) is 3.17. The molecule has 0 radical (unpaired) electrons. The quantitative estimate of drug-likeness (QED) is 0.737. The van der Waals surface area contributed by atoms with Crippen molar-refractivity contribution < 1.29 is 27.5 Å². The summed E-state index contributed by atoms with van der Waals surface area (Å²) in [5.41, 5.74) is 0.0445. The van der Waals surface area contributed by atoms with Crippen molar-refractivity contribution in [2.45, 2.75) is 32.0 Å². The van der Waals surface area contributed by atoms with Crippen LogP contribution >= 0.6 is 0 Å². The van der Waals surface area contributed by atoms with Crippen molar-refractivity contribution in [3.8, 4) is 0 Å². The molecule has 0 saturated carbocycles. The predicted octanol–water partition coefficient (Wildman–Crippen LogP) is 2.78. The number of halogens is 3. The number of alkyl halides is 3. The number of alkyl carbamates (subject to hydrolysis) is 1. The van der Waals surface area contributed by atoms with Gasteiger partial charge in [-0.05, 0) is 49.9 Å². The van der Waals surface area contributed by atoms with E-state index >= 15 is 0 Å². The van der Waals surface area contributed by atoms with Gasteiger partial charge >= 0.3 is 12.3 Å². The molecular formula is C19H26F3N3O3. The average molecular weight is 401 g/mol. The van der Waals surface area contributed by atoms with E-state index in [0.29, 0.717) is 24.6 Å². The molecule has 1 saturated heterocycles. The fourth-order valence-corrected chi connectivity index (χ4v) is 3.17. The third kappa shape index (κ3) is 7.38. The number of hydrogen-bond donors (Lipinski definition) is 2. The van der Waals surface area contributed by atoms with Crippen molar-refractivity contribution in [1.82, 2.24) is 15.5 Å². The van der Waals surface area contributed by atoms with Gasteiger partial charge in [0.25, 0.3) is 5.91 Å². The Hall–Kier alpha value is -2.29. The molecule has 1 aliphatic heterocycles. The summed E-state index contributed by atoms with van der Waals surface area (Å²) in [7, 11) is 1.46. The molecule has 1 aromatic carbocycles. The highest BCUT2D eigenvalue weighted by Crippen LogP contribution is 2.30. The number of likely N-dealkylation sites (N-methyl/N-ethyl adjacent to an activating group) is 1. The molecule has 9 heteroatoms. The largest absolute Gasteiger partial charge is 0.439 e. The Bertz CT molecular complexity index is 659. The molecule has 28 heavy (non-hydrogen) atoms. The molecule has 6 nitrogen and oxygen atoms in total. The Labute approximate surface area is 162 Å². The normalized spacial score (nSPS) is 15.9. The number of rotatable bonds is 7. The van der Waals surface area contributed by atoms with Gasteiger partial charge in [0, 0.05) is 20.1 Å². The lowest BCUT2D eigenvalue weighted by Crippen LogP contribution is -2.35. The lowest BCUT2D eigenvalue weighted by Gasteiger charge is -2.32. The van der Waals surface area contributed by atoms with Gasteiger partial charge in [-0.3, -0.25) is 9.69 Å². The van der Waals surface area contributed by atoms with Gasteiger partial charge in [-0.2, -0.15) is 13.2 Å². The first-order chi connectivity index (χ1) is 13.3. The summed E-state index contributed by atoms with van der Waals surface area (Å²) >= 11 is 0. The van der Waals surface area contributed by atoms with Crippen molar-refractivity contribution in [2.24, 2.45) is 5.92 Å². The van der Waals surface area contributed by atoms with Gasteiger partial charge < -0.3 is 15.4 Å². The van der Waals surface area contributed by atoms with Crippen LogP contribution in [0.3, 0.4) is 0 Å². The summed E-state index contributed by atoms with van der Waals surface area (Å²) in [4.78, 5) is 24.6. The van der Waals surface area contributed by atoms with Crippen LogP contribution in [0.5, 0.6) is 0 Å². The highest BCUT2D eigenvalue weighted by atomic mass is 19.4. The second kappa shape index (κ2) is 10.3. The first-order valence-corrected chi connectivity index (χ1v) is 9.27. The number of nitrogens with one attached hydrogen (secondary N) is 2. The number of nitrogens with zero attached hydrogens (tertiary/aromatic N) is 1. The first-order valence-electron chi connectivity index (χ1n) is 9.27. The Balaban J connectivity index is 1.66. The summed E-state index contributed by atoms with van der Waals surface area (Å²) in [6.45, 7) is 2.27. The van der Waals surface area contributed by atoms with Crippen molar-refractivity contribution in [1.29, 1.82) is 0 Å². The van der Waals surface area contributed by atoms with Crippen LogP contribution in [0.4, 0.5) is 18.0 Å². The Kier molecular flexibility index (Phi) is 8.10. The van der Waals surface area contributed by atoms with Crippen LogP contribution < -0.4 is 10.6 Å². The van der Waals surface area contributed by atoms with Crippen molar-refractivity contribution in [2.75, 3.05) is 33.3 Å². The van der Waals surface area contributed by atoms with E-state index < -0.39 is 17.8 Å². The van der Waals surface area contributed by atoms with Crippen LogP contribution in [0.2, 0.25) is 0 Å². The predicted molar refractivity (Wildman–Crippen MR) is 97.5 cm³/mol. The van der Waals surface area contributed by atoms with Gasteiger partial charge in [0.15, 0.2) is 6.61 Å². The van der Waals surface area contributed by atoms with Gasteiger partial charge in [-0.15, -0.1) is 0 Å². The molecule has 0 spiro atoms. The second-order valence-corrected chi connectivity index (χ2v) is 6.88. The molecule has 1 aliphatic rings. The van der Waals surface area contributed by atoms with E-state index in [0.717, 1.165) is 38.4 Å². The molecule has 2 N–H and O–H groups in total. The van der Waals surface area contributed by atoms with Crippen LogP contribution in [0, 0.1) is 5.92 Å². The van der Waals surface area contributed by atoms with E-state index in [-0.39, 0.29) is 12.5 Å². The number of benzene rings is 1. The summed E-state index contributed by atoms with van der Waals surface area (Å²) < 4.78 is 43.2. The minimum absolute atomic E-state index is 0.309. The molecule has 2 rings (SSSR count). The van der Waals surface area contributed by atoms with Crippen LogP contribution in [0.1, 0.15) is 30.4 Å². The molecule has 1 fully saturated rings. The zero-order chi connectivity index (χ0) is 20.6. The molecule has 0 aromatic heterocycles. The number of carbonyl (C=O) groups is 2.